The van der Waals surface area contributed by atoms with Gasteiger partial charge in [-0.05, 0) is 43.9 Å². The van der Waals surface area contributed by atoms with Crippen molar-refractivity contribution in [3.05, 3.63) is 46.7 Å². The number of rotatable bonds is 8. The fraction of sp³-hybridized carbons (Fsp3) is 0.440. The Bertz CT molecular complexity index is 1600. The maximum absolute atomic E-state index is 11.9. The first-order valence-corrected chi connectivity index (χ1v) is 15.1. The van der Waals surface area contributed by atoms with E-state index in [-0.39, 0.29) is 23.6 Å². The van der Waals surface area contributed by atoms with Gasteiger partial charge in [-0.3, -0.25) is 5.10 Å². The number of aromatic nitrogens is 6. The van der Waals surface area contributed by atoms with Crippen LogP contribution in [0.25, 0.3) is 11.0 Å². The normalized spacial score (nSPS) is 19.4. The molecule has 2 fully saturated rings. The van der Waals surface area contributed by atoms with Crippen LogP contribution in [0, 0.1) is 6.92 Å². The van der Waals surface area contributed by atoms with Crippen LogP contribution in [-0.4, -0.2) is 69.1 Å². The first-order chi connectivity index (χ1) is 18.8. The third-order valence-corrected chi connectivity index (χ3v) is 9.11. The van der Waals surface area contributed by atoms with Gasteiger partial charge in [-0.2, -0.15) is 20.2 Å². The second kappa shape index (κ2) is 10.6. The molecule has 0 saturated carbocycles. The van der Waals surface area contributed by atoms with Gasteiger partial charge < -0.3 is 20.7 Å². The summed E-state index contributed by atoms with van der Waals surface area (Å²) >= 11 is 6.41. The molecule has 0 amide bonds. The highest BCUT2D eigenvalue weighted by Gasteiger charge is 2.28. The molecule has 4 aromatic rings. The highest BCUT2D eigenvalue weighted by Crippen LogP contribution is 2.30. The molecule has 14 heteroatoms. The van der Waals surface area contributed by atoms with E-state index in [2.05, 4.69) is 31.2 Å². The number of aryl methyl sites for hydroxylation is 1. The number of benzene rings is 1. The highest BCUT2D eigenvalue weighted by molar-refractivity contribution is 7.91. The number of halogens is 1. The van der Waals surface area contributed by atoms with Crippen LogP contribution in [-0.2, 0) is 21.1 Å². The molecule has 4 N–H and O–H groups in total. The van der Waals surface area contributed by atoms with Crippen molar-refractivity contribution in [3.63, 3.8) is 0 Å². The number of sulfone groups is 1. The Kier molecular flexibility index (Phi) is 7.04. The number of H-pyrrole nitrogens is 1. The van der Waals surface area contributed by atoms with Crippen molar-refractivity contribution < 1.29 is 13.2 Å². The molecule has 12 nitrogen and oxygen atoms in total. The summed E-state index contributed by atoms with van der Waals surface area (Å²) in [6, 6.07) is 7.61. The Morgan fingerprint density at radius 3 is 2.77 bits per heavy atom. The maximum atomic E-state index is 11.9. The van der Waals surface area contributed by atoms with Crippen LogP contribution in [0.4, 0.5) is 23.3 Å². The van der Waals surface area contributed by atoms with E-state index < -0.39 is 9.84 Å². The van der Waals surface area contributed by atoms with Gasteiger partial charge in [-0.1, -0.05) is 17.7 Å². The summed E-state index contributed by atoms with van der Waals surface area (Å²) in [5, 5.41) is 23.2. The minimum atomic E-state index is -3.00. The molecule has 2 saturated heterocycles. The number of anilines is 4. The van der Waals surface area contributed by atoms with E-state index in [0.717, 1.165) is 35.1 Å². The average molecular weight is 572 g/mol. The maximum Gasteiger partial charge on any atom is 0.227 e. The fourth-order valence-corrected chi connectivity index (χ4v) is 6.85. The summed E-state index contributed by atoms with van der Waals surface area (Å²) in [7, 11) is -3.00. The van der Waals surface area contributed by atoms with Gasteiger partial charge >= 0.3 is 0 Å². The van der Waals surface area contributed by atoms with Crippen LogP contribution in [0.1, 0.15) is 36.6 Å². The lowest BCUT2D eigenvalue weighted by Crippen LogP contribution is -2.21. The number of nitrogens with zero attached hydrogens (tertiary/aromatic N) is 5. The summed E-state index contributed by atoms with van der Waals surface area (Å²) in [4.78, 5) is 9.58. The van der Waals surface area contributed by atoms with E-state index in [4.69, 9.17) is 26.3 Å². The second-order valence-electron chi connectivity index (χ2n) is 10.0. The Hall–Kier alpha value is -3.42. The van der Waals surface area contributed by atoms with Crippen molar-refractivity contribution in [2.24, 2.45) is 0 Å². The molecule has 39 heavy (non-hydrogen) atoms. The van der Waals surface area contributed by atoms with E-state index in [9.17, 15) is 8.42 Å². The summed E-state index contributed by atoms with van der Waals surface area (Å²) in [5.41, 5.74) is 3.32. The molecule has 2 aliphatic heterocycles. The largest absolute Gasteiger partial charge is 0.381 e. The molecule has 1 atom stereocenters. The van der Waals surface area contributed by atoms with Gasteiger partial charge in [0, 0.05) is 37.6 Å². The van der Waals surface area contributed by atoms with Crippen molar-refractivity contribution in [1.82, 2.24) is 29.9 Å². The lowest BCUT2D eigenvalue weighted by molar-refractivity contribution is 0.0673. The SMILES string of the molecule is Cc1cc(Nc2nc(NCc3ccc(Cl)c(NC4CCS(=O)(=O)C4)c3)nc3c2cnn3C2CCOCC2)n[nH]1. The number of fused-ring (bicyclic) bond motifs is 1. The first kappa shape index (κ1) is 25.8. The Morgan fingerprint density at radius 1 is 1.18 bits per heavy atom. The minimum Gasteiger partial charge on any atom is -0.381 e. The molecule has 1 unspecified atom stereocenters. The summed E-state index contributed by atoms with van der Waals surface area (Å²) in [5.74, 6) is 2.01. The van der Waals surface area contributed by atoms with E-state index in [0.29, 0.717) is 54.5 Å². The zero-order chi connectivity index (χ0) is 27.0. The first-order valence-electron chi connectivity index (χ1n) is 12.9. The fourth-order valence-electron chi connectivity index (χ4n) is 5.00. The third kappa shape index (κ3) is 5.80. The highest BCUT2D eigenvalue weighted by atomic mass is 35.5. The number of ether oxygens (including phenoxy) is 1. The van der Waals surface area contributed by atoms with E-state index in [1.54, 1.807) is 6.20 Å². The zero-order valence-electron chi connectivity index (χ0n) is 21.4. The monoisotopic (exact) mass is 571 g/mol. The molecule has 5 heterocycles. The zero-order valence-corrected chi connectivity index (χ0v) is 23.0. The molecular weight excluding hydrogens is 542 g/mol. The number of hydrogen-bond acceptors (Lipinski definition) is 10. The standard InChI is InChI=1S/C25H30ClN9O3S/c1-15-10-22(34-33-15)30-23-19-13-28-35(18-4-7-38-8-5-18)24(19)32-25(31-23)27-12-16-2-3-20(26)21(11-16)29-17-6-9-39(36,37)14-17/h2-3,10-11,13,17-18,29H,4-9,12,14H2,1H3,(H3,27,30,31,32,33,34). The van der Waals surface area contributed by atoms with Crippen LogP contribution in [0.5, 0.6) is 0 Å². The van der Waals surface area contributed by atoms with E-state index >= 15 is 0 Å². The van der Waals surface area contributed by atoms with Crippen LogP contribution in [0.3, 0.4) is 0 Å². The lowest BCUT2D eigenvalue weighted by Gasteiger charge is -2.22. The predicted octanol–water partition coefficient (Wildman–Crippen LogP) is 3.82. The molecule has 0 spiro atoms. The van der Waals surface area contributed by atoms with E-state index in [1.807, 2.05) is 35.9 Å². The topological polar surface area (TPSA) is 152 Å². The van der Waals surface area contributed by atoms with Gasteiger partial charge in [0.25, 0.3) is 0 Å². The molecule has 3 aromatic heterocycles. The Labute approximate surface area is 230 Å². The molecule has 0 radical (unpaired) electrons. The summed E-state index contributed by atoms with van der Waals surface area (Å²) in [6.07, 6.45) is 4.10. The molecule has 206 valence electrons. The lowest BCUT2D eigenvalue weighted by atomic mass is 10.1. The van der Waals surface area contributed by atoms with Gasteiger partial charge in [-0.25, -0.2) is 13.1 Å². The molecule has 2 aliphatic rings. The van der Waals surface area contributed by atoms with E-state index in [1.165, 1.54) is 0 Å². The Morgan fingerprint density at radius 2 is 2.03 bits per heavy atom. The number of nitrogens with one attached hydrogen (secondary N) is 4. The van der Waals surface area contributed by atoms with Crippen molar-refractivity contribution >= 4 is 55.7 Å². The number of aromatic amines is 1. The van der Waals surface area contributed by atoms with Gasteiger partial charge in [0.15, 0.2) is 21.3 Å². The Balaban J connectivity index is 1.26. The quantitative estimate of drug-likeness (QED) is 0.245. The molecular formula is C25H30ClN9O3S. The van der Waals surface area contributed by atoms with Crippen molar-refractivity contribution in [1.29, 1.82) is 0 Å². The smallest absolute Gasteiger partial charge is 0.227 e. The van der Waals surface area contributed by atoms with Crippen molar-refractivity contribution in [2.45, 2.75) is 44.8 Å². The third-order valence-electron chi connectivity index (χ3n) is 7.02. The number of hydrogen-bond donors (Lipinski definition) is 4. The van der Waals surface area contributed by atoms with Gasteiger partial charge in [-0.15, -0.1) is 0 Å². The molecule has 1 aromatic carbocycles. The average Bonchev–Trinajstić information content (AvgIpc) is 3.63. The molecule has 6 rings (SSSR count). The van der Waals surface area contributed by atoms with Crippen LogP contribution < -0.4 is 16.0 Å². The predicted molar refractivity (Wildman–Crippen MR) is 150 cm³/mol. The minimum absolute atomic E-state index is 0.117. The van der Waals surface area contributed by atoms with Gasteiger partial charge in [0.2, 0.25) is 5.95 Å². The van der Waals surface area contributed by atoms with Gasteiger partial charge in [0.05, 0.1) is 39.8 Å². The molecule has 0 bridgehead atoms. The van der Waals surface area contributed by atoms with Gasteiger partial charge in [0.1, 0.15) is 5.82 Å². The second-order valence-corrected chi connectivity index (χ2v) is 12.7. The summed E-state index contributed by atoms with van der Waals surface area (Å²) in [6.45, 7) is 3.76. The van der Waals surface area contributed by atoms with Crippen molar-refractivity contribution in [2.75, 3.05) is 40.7 Å². The van der Waals surface area contributed by atoms with Crippen LogP contribution in [0.2, 0.25) is 5.02 Å². The summed E-state index contributed by atoms with van der Waals surface area (Å²) < 4.78 is 31.2. The van der Waals surface area contributed by atoms with Crippen LogP contribution >= 0.6 is 11.6 Å². The van der Waals surface area contributed by atoms with Crippen LogP contribution in [0.15, 0.2) is 30.5 Å². The molecule has 0 aliphatic carbocycles. The van der Waals surface area contributed by atoms with Crippen molar-refractivity contribution in [3.8, 4) is 0 Å².